The molecule has 3 heteroatoms. The van der Waals surface area contributed by atoms with E-state index < -0.39 is 0 Å². The predicted molar refractivity (Wildman–Crippen MR) is 75.9 cm³/mol. The Balaban J connectivity index is 1.59. The average Bonchev–Trinajstić information content (AvgIpc) is 3.28. The lowest BCUT2D eigenvalue weighted by Crippen LogP contribution is -2.31. The summed E-state index contributed by atoms with van der Waals surface area (Å²) in [4.78, 5) is 12.2. The van der Waals surface area contributed by atoms with E-state index in [1.807, 2.05) is 24.3 Å². The highest BCUT2D eigenvalue weighted by atomic mass is 16.1. The zero-order valence-corrected chi connectivity index (χ0v) is 11.3. The summed E-state index contributed by atoms with van der Waals surface area (Å²) in [7, 11) is 0. The molecular weight excluding hydrogens is 236 g/mol. The fraction of sp³-hybridized carbons (Fsp3) is 0.562. The van der Waals surface area contributed by atoms with Gasteiger partial charge in [-0.25, -0.2) is 0 Å². The Labute approximate surface area is 114 Å². The van der Waals surface area contributed by atoms with Crippen molar-refractivity contribution in [2.45, 2.75) is 32.1 Å². The van der Waals surface area contributed by atoms with Crippen molar-refractivity contribution in [3.63, 3.8) is 0 Å². The minimum atomic E-state index is 0.0609. The third kappa shape index (κ3) is 2.81. The number of hydrogen-bond acceptors (Lipinski definition) is 2. The number of nitrogens with two attached hydrogens (primary N) is 1. The lowest BCUT2D eigenvalue weighted by Gasteiger charge is -2.15. The first-order chi connectivity index (χ1) is 9.23. The maximum atomic E-state index is 12.2. The second-order valence-corrected chi connectivity index (χ2v) is 6.06. The molecule has 0 aliphatic heterocycles. The summed E-state index contributed by atoms with van der Waals surface area (Å²) >= 11 is 0. The molecule has 0 aromatic heterocycles. The Morgan fingerprint density at radius 3 is 2.79 bits per heavy atom. The standard InChI is InChI=1S/C16H22N2O/c17-9-6-12-2-1-3-13(10-12)15(19)18-11-16(7-8-16)14-4-5-14/h1-3,10,14H,4-9,11,17H2,(H,18,19). The maximum absolute atomic E-state index is 12.2. The number of amides is 1. The summed E-state index contributed by atoms with van der Waals surface area (Å²) in [6.07, 6.45) is 6.15. The molecular formula is C16H22N2O. The molecule has 0 saturated heterocycles. The number of carbonyl (C=O) groups is 1. The first kappa shape index (κ1) is 12.7. The topological polar surface area (TPSA) is 55.1 Å². The van der Waals surface area contributed by atoms with Gasteiger partial charge in [-0.05, 0) is 67.7 Å². The van der Waals surface area contributed by atoms with E-state index in [2.05, 4.69) is 5.32 Å². The third-order valence-corrected chi connectivity index (χ3v) is 4.56. The van der Waals surface area contributed by atoms with Crippen LogP contribution in [0.4, 0.5) is 0 Å². The molecule has 1 aromatic rings. The van der Waals surface area contributed by atoms with Gasteiger partial charge in [-0.1, -0.05) is 12.1 Å². The zero-order chi connectivity index (χ0) is 13.3. The van der Waals surface area contributed by atoms with Crippen molar-refractivity contribution in [1.82, 2.24) is 5.32 Å². The van der Waals surface area contributed by atoms with Crippen LogP contribution in [0.1, 0.15) is 41.6 Å². The molecule has 0 radical (unpaired) electrons. The van der Waals surface area contributed by atoms with Crippen LogP contribution in [-0.4, -0.2) is 19.0 Å². The second-order valence-electron chi connectivity index (χ2n) is 6.06. The van der Waals surface area contributed by atoms with Gasteiger partial charge in [0, 0.05) is 12.1 Å². The van der Waals surface area contributed by atoms with Crippen molar-refractivity contribution >= 4 is 5.91 Å². The molecule has 0 bridgehead atoms. The van der Waals surface area contributed by atoms with Crippen molar-refractivity contribution in [3.05, 3.63) is 35.4 Å². The molecule has 1 amide bonds. The first-order valence-corrected chi connectivity index (χ1v) is 7.31. The van der Waals surface area contributed by atoms with Gasteiger partial charge in [0.2, 0.25) is 0 Å². The van der Waals surface area contributed by atoms with Crippen LogP contribution in [0.5, 0.6) is 0 Å². The Hall–Kier alpha value is -1.35. The second kappa shape index (κ2) is 4.97. The SMILES string of the molecule is NCCc1cccc(C(=O)NCC2(C3CC3)CC2)c1. The molecule has 3 nitrogen and oxygen atoms in total. The van der Waals surface area contributed by atoms with E-state index in [-0.39, 0.29) is 5.91 Å². The number of benzene rings is 1. The number of rotatable bonds is 6. The van der Waals surface area contributed by atoms with Gasteiger partial charge < -0.3 is 11.1 Å². The van der Waals surface area contributed by atoms with E-state index in [1.54, 1.807) is 0 Å². The van der Waals surface area contributed by atoms with Crippen LogP contribution in [0, 0.1) is 11.3 Å². The van der Waals surface area contributed by atoms with Crippen LogP contribution in [0.3, 0.4) is 0 Å². The van der Waals surface area contributed by atoms with Crippen LogP contribution in [0.25, 0.3) is 0 Å². The highest BCUT2D eigenvalue weighted by Crippen LogP contribution is 2.60. The summed E-state index contributed by atoms with van der Waals surface area (Å²) in [5.74, 6) is 0.946. The largest absolute Gasteiger partial charge is 0.351 e. The molecule has 102 valence electrons. The molecule has 0 spiro atoms. The lowest BCUT2D eigenvalue weighted by atomic mass is 10.0. The Kier molecular flexibility index (Phi) is 3.31. The van der Waals surface area contributed by atoms with E-state index in [4.69, 9.17) is 5.73 Å². The van der Waals surface area contributed by atoms with Crippen molar-refractivity contribution in [1.29, 1.82) is 0 Å². The third-order valence-electron chi connectivity index (χ3n) is 4.56. The van der Waals surface area contributed by atoms with E-state index in [0.717, 1.165) is 30.0 Å². The summed E-state index contributed by atoms with van der Waals surface area (Å²) in [5, 5.41) is 3.12. The minimum Gasteiger partial charge on any atom is -0.351 e. The predicted octanol–water partition coefficient (Wildman–Crippen LogP) is 2.11. The highest BCUT2D eigenvalue weighted by Gasteiger charge is 2.53. The fourth-order valence-corrected chi connectivity index (χ4v) is 2.98. The summed E-state index contributed by atoms with van der Waals surface area (Å²) in [5.41, 5.74) is 7.91. The van der Waals surface area contributed by atoms with Gasteiger partial charge in [0.25, 0.3) is 5.91 Å². The van der Waals surface area contributed by atoms with Gasteiger partial charge in [-0.15, -0.1) is 0 Å². The van der Waals surface area contributed by atoms with Gasteiger partial charge in [-0.3, -0.25) is 4.79 Å². The Morgan fingerprint density at radius 1 is 1.37 bits per heavy atom. The van der Waals surface area contributed by atoms with Crippen molar-refractivity contribution < 1.29 is 4.79 Å². The molecule has 0 unspecified atom stereocenters. The monoisotopic (exact) mass is 258 g/mol. The van der Waals surface area contributed by atoms with Gasteiger partial charge in [-0.2, -0.15) is 0 Å². The smallest absolute Gasteiger partial charge is 0.251 e. The molecule has 1 aromatic carbocycles. The fourth-order valence-electron chi connectivity index (χ4n) is 2.98. The van der Waals surface area contributed by atoms with E-state index in [1.165, 1.54) is 25.7 Å². The van der Waals surface area contributed by atoms with Crippen LogP contribution in [-0.2, 0) is 6.42 Å². The van der Waals surface area contributed by atoms with Gasteiger partial charge in [0.15, 0.2) is 0 Å². The summed E-state index contributed by atoms with van der Waals surface area (Å²) in [6.45, 7) is 1.48. The van der Waals surface area contributed by atoms with Crippen LogP contribution in [0.15, 0.2) is 24.3 Å². The highest BCUT2D eigenvalue weighted by molar-refractivity contribution is 5.94. The number of nitrogens with one attached hydrogen (secondary N) is 1. The van der Waals surface area contributed by atoms with Crippen LogP contribution >= 0.6 is 0 Å². The molecule has 0 heterocycles. The molecule has 2 aliphatic rings. The number of carbonyl (C=O) groups excluding carboxylic acids is 1. The average molecular weight is 258 g/mol. The Morgan fingerprint density at radius 2 is 2.16 bits per heavy atom. The van der Waals surface area contributed by atoms with Crippen molar-refractivity contribution in [2.24, 2.45) is 17.1 Å². The Bertz CT molecular complexity index is 475. The van der Waals surface area contributed by atoms with E-state index in [9.17, 15) is 4.79 Å². The first-order valence-electron chi connectivity index (χ1n) is 7.31. The molecule has 3 N–H and O–H groups in total. The van der Waals surface area contributed by atoms with Crippen LogP contribution < -0.4 is 11.1 Å². The molecule has 2 saturated carbocycles. The molecule has 0 atom stereocenters. The van der Waals surface area contributed by atoms with Gasteiger partial charge in [0.1, 0.15) is 0 Å². The van der Waals surface area contributed by atoms with Gasteiger partial charge in [0.05, 0.1) is 0 Å². The van der Waals surface area contributed by atoms with Crippen molar-refractivity contribution in [2.75, 3.05) is 13.1 Å². The normalized spacial score (nSPS) is 20.1. The molecule has 3 rings (SSSR count). The van der Waals surface area contributed by atoms with Crippen LogP contribution in [0.2, 0.25) is 0 Å². The number of hydrogen-bond donors (Lipinski definition) is 2. The minimum absolute atomic E-state index is 0.0609. The van der Waals surface area contributed by atoms with E-state index >= 15 is 0 Å². The summed E-state index contributed by atoms with van der Waals surface area (Å²) in [6, 6.07) is 7.80. The maximum Gasteiger partial charge on any atom is 0.251 e. The molecule has 2 fully saturated rings. The van der Waals surface area contributed by atoms with Crippen molar-refractivity contribution in [3.8, 4) is 0 Å². The van der Waals surface area contributed by atoms with E-state index in [0.29, 0.717) is 12.0 Å². The van der Waals surface area contributed by atoms with Gasteiger partial charge >= 0.3 is 0 Å². The zero-order valence-electron chi connectivity index (χ0n) is 11.3. The molecule has 2 aliphatic carbocycles. The molecule has 19 heavy (non-hydrogen) atoms. The quantitative estimate of drug-likeness (QED) is 0.821. The lowest BCUT2D eigenvalue weighted by molar-refractivity contribution is 0.0942. The summed E-state index contributed by atoms with van der Waals surface area (Å²) < 4.78 is 0.